The van der Waals surface area contributed by atoms with E-state index in [1.807, 2.05) is 6.07 Å². The van der Waals surface area contributed by atoms with Crippen molar-refractivity contribution in [2.45, 2.75) is 37.0 Å². The Morgan fingerprint density at radius 3 is 2.48 bits per heavy atom. The van der Waals surface area contributed by atoms with Gasteiger partial charge in [0.2, 0.25) is 11.8 Å². The number of rotatable bonds is 6. The van der Waals surface area contributed by atoms with Crippen molar-refractivity contribution in [3.63, 3.8) is 0 Å². The highest BCUT2D eigenvalue weighted by Crippen LogP contribution is 2.37. The maximum Gasteiger partial charge on any atom is 0.227 e. The molecule has 0 radical (unpaired) electrons. The van der Waals surface area contributed by atoms with E-state index in [1.54, 1.807) is 11.0 Å². The number of hydrogen-bond donors (Lipinski definition) is 1. The molecule has 2 amide bonds. The molecule has 0 unspecified atom stereocenters. The molecule has 2 aromatic rings. The van der Waals surface area contributed by atoms with Gasteiger partial charge >= 0.3 is 0 Å². The van der Waals surface area contributed by atoms with Crippen molar-refractivity contribution in [3.05, 3.63) is 51.0 Å². The highest BCUT2D eigenvalue weighted by atomic mass is 35.5. The van der Waals surface area contributed by atoms with E-state index in [0.29, 0.717) is 34.4 Å². The Morgan fingerprint density at radius 2 is 1.81 bits per heavy atom. The number of nitrogens with zero attached hydrogens (tertiary/aromatic N) is 1. The molecule has 1 heterocycles. The molecule has 3 rings (SSSR count). The lowest BCUT2D eigenvalue weighted by molar-refractivity contribution is -0.119. The van der Waals surface area contributed by atoms with Gasteiger partial charge in [-0.05, 0) is 55.2 Å². The standard InChI is InChI=1S/C21H21Cl3N2O4S/c1-31(29,30)15-7-8-18(16(23)12-15)25-19(27)5-2-6-20(28)26-9-3-4-13-10-14(22)11-17(24)21(13)26/h7-8,10-12H,2-6,9H2,1H3,(H,25,27). The summed E-state index contributed by atoms with van der Waals surface area (Å²) in [6, 6.07) is 7.57. The van der Waals surface area contributed by atoms with Crippen LogP contribution >= 0.6 is 34.8 Å². The topological polar surface area (TPSA) is 83.5 Å². The van der Waals surface area contributed by atoms with Crippen molar-refractivity contribution in [2.75, 3.05) is 23.0 Å². The first-order valence-corrected chi connectivity index (χ1v) is 12.7. The molecule has 0 saturated heterocycles. The average Bonchev–Trinajstić information content (AvgIpc) is 2.67. The van der Waals surface area contributed by atoms with Crippen LogP contribution in [0.15, 0.2) is 35.2 Å². The Labute approximate surface area is 196 Å². The first-order chi connectivity index (χ1) is 14.6. The zero-order valence-corrected chi connectivity index (χ0v) is 19.8. The van der Waals surface area contributed by atoms with Gasteiger partial charge in [0, 0.05) is 30.7 Å². The first kappa shape index (κ1) is 23.9. The van der Waals surface area contributed by atoms with Crippen molar-refractivity contribution >= 4 is 67.8 Å². The van der Waals surface area contributed by atoms with Gasteiger partial charge in [-0.2, -0.15) is 0 Å². The summed E-state index contributed by atoms with van der Waals surface area (Å²) in [5.74, 6) is -0.417. The van der Waals surface area contributed by atoms with Crippen molar-refractivity contribution in [1.82, 2.24) is 0 Å². The summed E-state index contributed by atoms with van der Waals surface area (Å²) in [5.41, 5.74) is 1.96. The minimum absolute atomic E-state index is 0.0721. The fourth-order valence-corrected chi connectivity index (χ4v) is 5.05. The monoisotopic (exact) mass is 502 g/mol. The van der Waals surface area contributed by atoms with Crippen LogP contribution in [0.5, 0.6) is 0 Å². The smallest absolute Gasteiger partial charge is 0.227 e. The normalized spacial score (nSPS) is 13.6. The molecule has 0 bridgehead atoms. The number of carbonyl (C=O) groups excluding carboxylic acids is 2. The van der Waals surface area contributed by atoms with Gasteiger partial charge in [-0.3, -0.25) is 9.59 Å². The van der Waals surface area contributed by atoms with Crippen LogP contribution < -0.4 is 10.2 Å². The first-order valence-electron chi connectivity index (χ1n) is 9.64. The average molecular weight is 504 g/mol. The minimum atomic E-state index is -3.39. The largest absolute Gasteiger partial charge is 0.325 e. The Balaban J connectivity index is 1.57. The molecule has 10 heteroatoms. The second-order valence-electron chi connectivity index (χ2n) is 7.36. The number of hydrogen-bond acceptors (Lipinski definition) is 4. The molecule has 166 valence electrons. The number of fused-ring (bicyclic) bond motifs is 1. The lowest BCUT2D eigenvalue weighted by Crippen LogP contribution is -2.35. The molecular formula is C21H21Cl3N2O4S. The third kappa shape index (κ3) is 5.92. The van der Waals surface area contributed by atoms with Crippen LogP contribution in [0.4, 0.5) is 11.4 Å². The van der Waals surface area contributed by atoms with Gasteiger partial charge in [0.15, 0.2) is 9.84 Å². The van der Waals surface area contributed by atoms with Gasteiger partial charge in [0.25, 0.3) is 0 Å². The SMILES string of the molecule is CS(=O)(=O)c1ccc(NC(=O)CCCC(=O)N2CCCc3cc(Cl)cc(Cl)c32)c(Cl)c1. The maximum atomic E-state index is 12.7. The third-order valence-corrected chi connectivity index (χ3v) is 6.87. The summed E-state index contributed by atoms with van der Waals surface area (Å²) in [6.07, 6.45) is 3.35. The number of aryl methyl sites for hydroxylation is 1. The molecule has 1 aliphatic heterocycles. The van der Waals surface area contributed by atoms with Crippen LogP contribution in [0.25, 0.3) is 0 Å². The zero-order valence-electron chi connectivity index (χ0n) is 16.8. The van der Waals surface area contributed by atoms with Crippen LogP contribution in [-0.2, 0) is 25.8 Å². The van der Waals surface area contributed by atoms with Gasteiger partial charge in [0.1, 0.15) is 0 Å². The number of halogens is 3. The van der Waals surface area contributed by atoms with Crippen molar-refractivity contribution in [3.8, 4) is 0 Å². The lowest BCUT2D eigenvalue weighted by atomic mass is 10.0. The highest BCUT2D eigenvalue weighted by Gasteiger charge is 2.25. The minimum Gasteiger partial charge on any atom is -0.325 e. The van der Waals surface area contributed by atoms with Crippen LogP contribution in [0, 0.1) is 0 Å². The van der Waals surface area contributed by atoms with E-state index in [1.165, 1.54) is 18.2 Å². The maximum absolute atomic E-state index is 12.7. The molecule has 2 aromatic carbocycles. The van der Waals surface area contributed by atoms with E-state index in [9.17, 15) is 18.0 Å². The Hall–Kier alpha value is -1.80. The Bertz CT molecular complexity index is 1140. The molecule has 1 aliphatic rings. The number of sulfone groups is 1. The highest BCUT2D eigenvalue weighted by molar-refractivity contribution is 7.90. The van der Waals surface area contributed by atoms with Gasteiger partial charge < -0.3 is 10.2 Å². The van der Waals surface area contributed by atoms with E-state index < -0.39 is 9.84 Å². The van der Waals surface area contributed by atoms with Crippen LogP contribution in [-0.4, -0.2) is 33.0 Å². The molecule has 0 aliphatic carbocycles. The quantitative estimate of drug-likeness (QED) is 0.592. The molecule has 6 nitrogen and oxygen atoms in total. The molecule has 1 N–H and O–H groups in total. The Morgan fingerprint density at radius 1 is 1.06 bits per heavy atom. The molecule has 0 atom stereocenters. The molecule has 0 fully saturated rings. The Kier molecular flexibility index (Phi) is 7.52. The molecule has 0 saturated carbocycles. The van der Waals surface area contributed by atoms with E-state index in [4.69, 9.17) is 34.8 Å². The zero-order chi connectivity index (χ0) is 22.8. The van der Waals surface area contributed by atoms with Gasteiger partial charge in [-0.1, -0.05) is 34.8 Å². The predicted octanol–water partition coefficient (Wildman–Crippen LogP) is 5.14. The number of nitrogens with one attached hydrogen (secondary N) is 1. The summed E-state index contributed by atoms with van der Waals surface area (Å²) in [6.45, 7) is 0.571. The lowest BCUT2D eigenvalue weighted by Gasteiger charge is -2.30. The van der Waals surface area contributed by atoms with Crippen molar-refractivity contribution < 1.29 is 18.0 Å². The third-order valence-electron chi connectivity index (χ3n) is 4.94. The predicted molar refractivity (Wildman–Crippen MR) is 124 cm³/mol. The van der Waals surface area contributed by atoms with Gasteiger partial charge in [0.05, 0.1) is 26.3 Å². The number of anilines is 2. The summed E-state index contributed by atoms with van der Waals surface area (Å²) in [4.78, 5) is 26.7. The van der Waals surface area contributed by atoms with Crippen LogP contribution in [0.3, 0.4) is 0 Å². The number of carbonyl (C=O) groups is 2. The molecule has 31 heavy (non-hydrogen) atoms. The van der Waals surface area contributed by atoms with E-state index in [0.717, 1.165) is 24.7 Å². The number of benzene rings is 2. The van der Waals surface area contributed by atoms with E-state index in [-0.39, 0.29) is 34.6 Å². The number of amides is 2. The van der Waals surface area contributed by atoms with Crippen LogP contribution in [0.2, 0.25) is 15.1 Å². The van der Waals surface area contributed by atoms with Crippen molar-refractivity contribution in [2.24, 2.45) is 0 Å². The summed E-state index contributed by atoms with van der Waals surface area (Å²) in [7, 11) is -3.39. The second-order valence-corrected chi connectivity index (χ2v) is 10.6. The molecule has 0 aromatic heterocycles. The second kappa shape index (κ2) is 9.77. The van der Waals surface area contributed by atoms with E-state index >= 15 is 0 Å². The summed E-state index contributed by atoms with van der Waals surface area (Å²) in [5, 5.41) is 3.76. The summed E-state index contributed by atoms with van der Waals surface area (Å²) < 4.78 is 23.1. The van der Waals surface area contributed by atoms with Gasteiger partial charge in [-0.25, -0.2) is 8.42 Å². The fraction of sp³-hybridized carbons (Fsp3) is 0.333. The van der Waals surface area contributed by atoms with E-state index in [2.05, 4.69) is 5.32 Å². The van der Waals surface area contributed by atoms with Crippen LogP contribution in [0.1, 0.15) is 31.2 Å². The molecule has 0 spiro atoms. The molecular weight excluding hydrogens is 483 g/mol. The summed E-state index contributed by atoms with van der Waals surface area (Å²) >= 11 is 18.5. The van der Waals surface area contributed by atoms with Crippen molar-refractivity contribution in [1.29, 1.82) is 0 Å². The fourth-order valence-electron chi connectivity index (χ4n) is 3.48. The van der Waals surface area contributed by atoms with Gasteiger partial charge in [-0.15, -0.1) is 0 Å².